The molecule has 0 N–H and O–H groups in total. The molecule has 3 nitrogen and oxygen atoms in total. The summed E-state index contributed by atoms with van der Waals surface area (Å²) in [6.45, 7) is 4.52. The quantitative estimate of drug-likeness (QED) is 0.0389. The van der Waals surface area contributed by atoms with Crippen molar-refractivity contribution in [2.75, 3.05) is 0 Å². The van der Waals surface area contributed by atoms with Crippen LogP contribution in [0.4, 0.5) is 0 Å². The number of rotatable bonds is 30. The Morgan fingerprint density at radius 3 is 0.949 bits per heavy atom. The molecule has 0 spiro atoms. The van der Waals surface area contributed by atoms with Gasteiger partial charge in [0.1, 0.15) is 0 Å². The molecule has 0 saturated carbocycles. The third-order valence-corrected chi connectivity index (χ3v) is 7.51. The predicted octanol–water partition coefficient (Wildman–Crippen LogP) is 12.1. The number of esters is 2. The van der Waals surface area contributed by atoms with Gasteiger partial charge in [-0.1, -0.05) is 141 Å². The second kappa shape index (κ2) is 32.8. The molecule has 0 aromatic carbocycles. The second-order valence-electron chi connectivity index (χ2n) is 11.5. The number of allylic oxidation sites excluding steroid dienone is 4. The average Bonchev–Trinajstić information content (AvgIpc) is 2.93. The van der Waals surface area contributed by atoms with Crippen LogP contribution in [0.25, 0.3) is 0 Å². The van der Waals surface area contributed by atoms with Gasteiger partial charge < -0.3 is 4.74 Å². The number of hydrogen-bond acceptors (Lipinski definition) is 3. The average molecular weight is 547 g/mol. The van der Waals surface area contributed by atoms with Crippen LogP contribution in [-0.2, 0) is 14.3 Å². The molecule has 0 amide bonds. The maximum absolute atomic E-state index is 11.9. The van der Waals surface area contributed by atoms with E-state index < -0.39 is 0 Å². The molecule has 0 aliphatic rings. The van der Waals surface area contributed by atoms with Crippen molar-refractivity contribution < 1.29 is 14.3 Å². The summed E-state index contributed by atoms with van der Waals surface area (Å²) in [5.41, 5.74) is 0. The highest BCUT2D eigenvalue weighted by molar-refractivity contribution is 5.85. The van der Waals surface area contributed by atoms with E-state index in [-0.39, 0.29) is 11.9 Å². The van der Waals surface area contributed by atoms with Gasteiger partial charge in [0.25, 0.3) is 0 Å². The first-order chi connectivity index (χ1) is 19.2. The van der Waals surface area contributed by atoms with Gasteiger partial charge in [-0.25, -0.2) is 0 Å². The summed E-state index contributed by atoms with van der Waals surface area (Å²) in [7, 11) is 0. The van der Waals surface area contributed by atoms with Gasteiger partial charge in [-0.05, 0) is 64.2 Å². The van der Waals surface area contributed by atoms with Crippen molar-refractivity contribution in [3.05, 3.63) is 24.3 Å². The Hall–Kier alpha value is -1.38. The Morgan fingerprint density at radius 2 is 0.641 bits per heavy atom. The van der Waals surface area contributed by atoms with Crippen LogP contribution in [0.2, 0.25) is 0 Å². The molecule has 0 aromatic heterocycles. The van der Waals surface area contributed by atoms with E-state index in [1.54, 1.807) is 0 Å². The molecule has 39 heavy (non-hydrogen) atoms. The van der Waals surface area contributed by atoms with Crippen molar-refractivity contribution in [1.82, 2.24) is 0 Å². The van der Waals surface area contributed by atoms with Gasteiger partial charge >= 0.3 is 11.9 Å². The van der Waals surface area contributed by atoms with Crippen LogP contribution in [0.1, 0.15) is 194 Å². The van der Waals surface area contributed by atoms with E-state index in [4.69, 9.17) is 4.74 Å². The molecule has 0 aliphatic heterocycles. The monoisotopic (exact) mass is 547 g/mol. The summed E-state index contributed by atoms with van der Waals surface area (Å²) in [6.07, 6.45) is 42.2. The highest BCUT2D eigenvalue weighted by Crippen LogP contribution is 2.13. The van der Waals surface area contributed by atoms with Crippen LogP contribution < -0.4 is 0 Å². The molecule has 0 radical (unpaired) electrons. The predicted molar refractivity (Wildman–Crippen MR) is 170 cm³/mol. The first-order valence-electron chi connectivity index (χ1n) is 17.2. The molecule has 0 saturated heterocycles. The first kappa shape index (κ1) is 37.6. The van der Waals surface area contributed by atoms with Gasteiger partial charge in [-0.3, -0.25) is 9.59 Å². The Labute approximate surface area is 244 Å². The standard InChI is InChI=1S/C36H66O3/c1-3-5-7-9-11-13-15-17-19-21-23-25-27-29-31-33-35(37)39-36(38)34-32-30-28-26-24-22-20-18-16-14-12-10-8-6-4-2/h13-16H,3-12,17-34H2,1-2H3/b15-13+,16-14?. The lowest BCUT2D eigenvalue weighted by molar-refractivity contribution is -0.159. The van der Waals surface area contributed by atoms with Gasteiger partial charge in [-0.15, -0.1) is 0 Å². The molecule has 0 aliphatic carbocycles. The smallest absolute Gasteiger partial charge is 0.313 e. The minimum atomic E-state index is -0.337. The zero-order valence-electron chi connectivity index (χ0n) is 26.3. The molecule has 0 rings (SSSR count). The molecule has 0 bridgehead atoms. The van der Waals surface area contributed by atoms with E-state index in [0.717, 1.165) is 25.7 Å². The van der Waals surface area contributed by atoms with E-state index in [2.05, 4.69) is 38.2 Å². The highest BCUT2D eigenvalue weighted by atomic mass is 16.6. The van der Waals surface area contributed by atoms with Crippen LogP contribution in [-0.4, -0.2) is 11.9 Å². The lowest BCUT2D eigenvalue weighted by Gasteiger charge is -2.04. The van der Waals surface area contributed by atoms with E-state index >= 15 is 0 Å². The van der Waals surface area contributed by atoms with Crippen molar-refractivity contribution in [2.45, 2.75) is 194 Å². The van der Waals surface area contributed by atoms with Gasteiger partial charge in [0.05, 0.1) is 0 Å². The SMILES string of the molecule is CCCCCCC=CCCCCCCCCCC(=O)OC(=O)CCCCCCCCC/C=C/CCCCCC. The number of hydrogen-bond donors (Lipinski definition) is 0. The van der Waals surface area contributed by atoms with Crippen molar-refractivity contribution in [2.24, 2.45) is 0 Å². The van der Waals surface area contributed by atoms with Gasteiger partial charge in [0.2, 0.25) is 0 Å². The summed E-state index contributed by atoms with van der Waals surface area (Å²) in [5, 5.41) is 0. The van der Waals surface area contributed by atoms with E-state index in [1.807, 2.05) is 0 Å². The lowest BCUT2D eigenvalue weighted by atomic mass is 10.1. The summed E-state index contributed by atoms with van der Waals surface area (Å²) < 4.78 is 5.00. The zero-order chi connectivity index (χ0) is 28.5. The van der Waals surface area contributed by atoms with Crippen LogP contribution in [0.15, 0.2) is 24.3 Å². The minimum absolute atomic E-state index is 0.337. The Bertz CT molecular complexity index is 528. The third-order valence-electron chi connectivity index (χ3n) is 7.51. The summed E-state index contributed by atoms with van der Waals surface area (Å²) in [4.78, 5) is 23.8. The second-order valence-corrected chi connectivity index (χ2v) is 11.5. The van der Waals surface area contributed by atoms with Gasteiger partial charge in [0.15, 0.2) is 0 Å². The molecular formula is C36H66O3. The summed E-state index contributed by atoms with van der Waals surface area (Å²) in [6, 6.07) is 0. The van der Waals surface area contributed by atoms with Gasteiger partial charge in [0, 0.05) is 12.8 Å². The molecule has 0 fully saturated rings. The van der Waals surface area contributed by atoms with Crippen molar-refractivity contribution in [1.29, 1.82) is 0 Å². The zero-order valence-corrected chi connectivity index (χ0v) is 26.3. The molecule has 3 heteroatoms. The molecular weight excluding hydrogens is 480 g/mol. The summed E-state index contributed by atoms with van der Waals surface area (Å²) >= 11 is 0. The van der Waals surface area contributed by atoms with E-state index in [1.165, 1.54) is 141 Å². The molecule has 0 aromatic rings. The van der Waals surface area contributed by atoms with E-state index in [9.17, 15) is 9.59 Å². The Morgan fingerprint density at radius 1 is 0.385 bits per heavy atom. The lowest BCUT2D eigenvalue weighted by Crippen LogP contribution is -2.11. The maximum Gasteiger partial charge on any atom is 0.313 e. The third kappa shape index (κ3) is 32.7. The molecule has 0 atom stereocenters. The fourth-order valence-electron chi connectivity index (χ4n) is 4.91. The topological polar surface area (TPSA) is 43.4 Å². The molecule has 0 heterocycles. The Kier molecular flexibility index (Phi) is 31.7. The van der Waals surface area contributed by atoms with Crippen LogP contribution in [0.5, 0.6) is 0 Å². The number of ether oxygens (including phenoxy) is 1. The first-order valence-corrected chi connectivity index (χ1v) is 17.2. The van der Waals surface area contributed by atoms with E-state index in [0.29, 0.717) is 12.8 Å². The van der Waals surface area contributed by atoms with Crippen molar-refractivity contribution in [3.63, 3.8) is 0 Å². The van der Waals surface area contributed by atoms with Crippen LogP contribution >= 0.6 is 0 Å². The van der Waals surface area contributed by atoms with Crippen molar-refractivity contribution >= 4 is 11.9 Å². The van der Waals surface area contributed by atoms with Crippen molar-refractivity contribution in [3.8, 4) is 0 Å². The Balaban J connectivity index is 3.35. The minimum Gasteiger partial charge on any atom is -0.393 e. The number of unbranched alkanes of at least 4 members (excludes halogenated alkanes) is 22. The molecule has 0 unspecified atom stereocenters. The summed E-state index contributed by atoms with van der Waals surface area (Å²) in [5.74, 6) is -0.673. The normalized spacial score (nSPS) is 11.6. The number of carbonyl (C=O) groups excluding carboxylic acids is 2. The van der Waals surface area contributed by atoms with Gasteiger partial charge in [-0.2, -0.15) is 0 Å². The fourth-order valence-corrected chi connectivity index (χ4v) is 4.91. The largest absolute Gasteiger partial charge is 0.393 e. The fraction of sp³-hybridized carbons (Fsp3) is 0.833. The van der Waals surface area contributed by atoms with Crippen LogP contribution in [0, 0.1) is 0 Å². The molecule has 228 valence electrons. The highest BCUT2D eigenvalue weighted by Gasteiger charge is 2.09. The van der Waals surface area contributed by atoms with Crippen LogP contribution in [0.3, 0.4) is 0 Å². The maximum atomic E-state index is 11.9. The number of carbonyl (C=O) groups is 2.